The lowest BCUT2D eigenvalue weighted by Crippen LogP contribution is -2.09. The highest BCUT2D eigenvalue weighted by atomic mass is 16.5. The van der Waals surface area contributed by atoms with Gasteiger partial charge in [-0.15, -0.1) is 0 Å². The van der Waals surface area contributed by atoms with Crippen molar-refractivity contribution in [2.24, 2.45) is 0 Å². The van der Waals surface area contributed by atoms with E-state index in [1.54, 1.807) is 7.11 Å². The molecule has 0 fully saturated rings. The highest BCUT2D eigenvalue weighted by Crippen LogP contribution is 1.92. The van der Waals surface area contributed by atoms with Crippen LogP contribution in [0.1, 0.15) is 5.56 Å². The van der Waals surface area contributed by atoms with Gasteiger partial charge in [0.05, 0.1) is 39.6 Å². The largest absolute Gasteiger partial charge is 0.394 e. The van der Waals surface area contributed by atoms with Gasteiger partial charge in [0.25, 0.3) is 0 Å². The number of methoxy groups -OCH3 is 1. The van der Waals surface area contributed by atoms with Gasteiger partial charge < -0.3 is 19.3 Å². The lowest BCUT2D eigenvalue weighted by molar-refractivity contribution is 0.0159. The highest BCUT2D eigenvalue weighted by Gasteiger charge is 1.87. The van der Waals surface area contributed by atoms with Crippen LogP contribution in [0.15, 0.2) is 30.3 Å². The molecule has 1 aromatic carbocycles. The predicted molar refractivity (Wildman–Crippen MR) is 71.8 cm³/mol. The van der Waals surface area contributed by atoms with Crippen molar-refractivity contribution in [3.8, 4) is 0 Å². The molecule has 4 heteroatoms. The maximum absolute atomic E-state index is 8.32. The van der Waals surface area contributed by atoms with Crippen LogP contribution in [0.3, 0.4) is 0 Å². The van der Waals surface area contributed by atoms with Crippen LogP contribution in [0, 0.1) is 6.92 Å². The Kier molecular flexibility index (Phi) is 13.4. The van der Waals surface area contributed by atoms with Crippen molar-refractivity contribution < 1.29 is 19.3 Å². The summed E-state index contributed by atoms with van der Waals surface area (Å²) in [6.07, 6.45) is 0. The van der Waals surface area contributed by atoms with Crippen LogP contribution in [0.2, 0.25) is 0 Å². The Hall–Kier alpha value is -0.940. The van der Waals surface area contributed by atoms with Gasteiger partial charge in [0.2, 0.25) is 0 Å². The van der Waals surface area contributed by atoms with Crippen molar-refractivity contribution in [1.29, 1.82) is 0 Å². The summed E-state index contributed by atoms with van der Waals surface area (Å²) in [5.74, 6) is 0. The van der Waals surface area contributed by atoms with Crippen molar-refractivity contribution >= 4 is 0 Å². The minimum atomic E-state index is 0.0675. The van der Waals surface area contributed by atoms with E-state index in [4.69, 9.17) is 19.3 Å². The second kappa shape index (κ2) is 14.1. The molecule has 0 radical (unpaired) electrons. The Labute approximate surface area is 109 Å². The topological polar surface area (TPSA) is 47.9 Å². The van der Waals surface area contributed by atoms with Crippen LogP contribution in [0.5, 0.6) is 0 Å². The van der Waals surface area contributed by atoms with Gasteiger partial charge in [-0.1, -0.05) is 35.9 Å². The summed E-state index contributed by atoms with van der Waals surface area (Å²) < 4.78 is 14.8. The maximum Gasteiger partial charge on any atom is 0.0701 e. The molecule has 1 aromatic rings. The first-order valence-corrected chi connectivity index (χ1v) is 6.08. The van der Waals surface area contributed by atoms with E-state index in [0.29, 0.717) is 33.0 Å². The Morgan fingerprint density at radius 3 is 1.89 bits per heavy atom. The molecule has 0 unspecified atom stereocenters. The molecule has 0 heterocycles. The summed E-state index contributed by atoms with van der Waals surface area (Å²) in [5, 5.41) is 8.32. The minimum absolute atomic E-state index is 0.0675. The molecule has 0 aliphatic heterocycles. The fourth-order valence-electron chi connectivity index (χ4n) is 1.06. The second-order valence-electron chi connectivity index (χ2n) is 3.60. The maximum atomic E-state index is 8.32. The zero-order valence-electron chi connectivity index (χ0n) is 11.3. The predicted octanol–water partition coefficient (Wildman–Crippen LogP) is 1.65. The van der Waals surface area contributed by atoms with E-state index in [-0.39, 0.29) is 6.61 Å². The lowest BCUT2D eigenvalue weighted by atomic mass is 10.2. The molecule has 0 aliphatic rings. The average molecular weight is 256 g/mol. The van der Waals surface area contributed by atoms with E-state index >= 15 is 0 Å². The van der Waals surface area contributed by atoms with Crippen molar-refractivity contribution in [2.75, 3.05) is 46.8 Å². The molecule has 1 N–H and O–H groups in total. The Balaban J connectivity index is 0.000000351. The van der Waals surface area contributed by atoms with E-state index in [9.17, 15) is 0 Å². The molecule has 0 atom stereocenters. The Bertz CT molecular complexity index is 243. The van der Waals surface area contributed by atoms with E-state index in [2.05, 4.69) is 19.1 Å². The Morgan fingerprint density at radius 2 is 1.44 bits per heavy atom. The Morgan fingerprint density at radius 1 is 0.889 bits per heavy atom. The number of hydrogen-bond acceptors (Lipinski definition) is 4. The number of hydrogen-bond donors (Lipinski definition) is 1. The fraction of sp³-hybridized carbons (Fsp3) is 0.571. The first kappa shape index (κ1) is 17.1. The quantitative estimate of drug-likeness (QED) is 0.719. The summed E-state index contributed by atoms with van der Waals surface area (Å²) in [6.45, 7) is 4.83. The number of rotatable bonds is 8. The van der Waals surface area contributed by atoms with Crippen LogP contribution >= 0.6 is 0 Å². The van der Waals surface area contributed by atoms with Gasteiger partial charge in [-0.05, 0) is 6.92 Å². The van der Waals surface area contributed by atoms with Gasteiger partial charge in [-0.2, -0.15) is 0 Å². The third-order valence-electron chi connectivity index (χ3n) is 1.98. The summed E-state index contributed by atoms with van der Waals surface area (Å²) >= 11 is 0. The summed E-state index contributed by atoms with van der Waals surface area (Å²) in [4.78, 5) is 0. The van der Waals surface area contributed by atoms with E-state index in [1.807, 2.05) is 18.2 Å². The summed E-state index contributed by atoms with van der Waals surface area (Å²) in [6, 6.07) is 10.3. The van der Waals surface area contributed by atoms with E-state index in [1.165, 1.54) is 5.56 Å². The number of ether oxygens (including phenoxy) is 3. The van der Waals surface area contributed by atoms with Crippen LogP contribution in [-0.2, 0) is 14.2 Å². The molecular weight excluding hydrogens is 232 g/mol. The van der Waals surface area contributed by atoms with Gasteiger partial charge in [0, 0.05) is 7.11 Å². The van der Waals surface area contributed by atoms with Crippen molar-refractivity contribution in [3.05, 3.63) is 35.9 Å². The molecular formula is C14H24O4. The molecule has 0 aliphatic carbocycles. The van der Waals surface area contributed by atoms with Crippen molar-refractivity contribution in [2.45, 2.75) is 6.92 Å². The zero-order chi connectivity index (χ0) is 13.5. The standard InChI is InChI=1S/C7H16O4.C7H8/c1-9-4-5-11-7-6-10-3-2-8;1-7-5-3-2-4-6-7/h8H,2-7H2,1H3;2-6H,1H3. The first-order valence-electron chi connectivity index (χ1n) is 6.08. The average Bonchev–Trinajstić information content (AvgIpc) is 2.39. The number of aliphatic hydroxyl groups excluding tert-OH is 1. The molecule has 0 amide bonds. The van der Waals surface area contributed by atoms with Gasteiger partial charge in [-0.25, -0.2) is 0 Å². The molecule has 0 bridgehead atoms. The number of benzene rings is 1. The fourth-order valence-corrected chi connectivity index (χ4v) is 1.06. The molecule has 104 valence electrons. The summed E-state index contributed by atoms with van der Waals surface area (Å²) in [5.41, 5.74) is 1.32. The minimum Gasteiger partial charge on any atom is -0.394 e. The second-order valence-corrected chi connectivity index (χ2v) is 3.60. The van der Waals surface area contributed by atoms with Crippen LogP contribution in [0.25, 0.3) is 0 Å². The molecule has 0 saturated heterocycles. The van der Waals surface area contributed by atoms with E-state index < -0.39 is 0 Å². The first-order chi connectivity index (χ1) is 8.81. The third-order valence-corrected chi connectivity index (χ3v) is 1.98. The third kappa shape index (κ3) is 13.1. The molecule has 0 saturated carbocycles. The van der Waals surface area contributed by atoms with E-state index in [0.717, 1.165) is 0 Å². The molecule has 0 aromatic heterocycles. The molecule has 4 nitrogen and oxygen atoms in total. The lowest BCUT2D eigenvalue weighted by Gasteiger charge is -2.03. The van der Waals surface area contributed by atoms with Gasteiger partial charge >= 0.3 is 0 Å². The van der Waals surface area contributed by atoms with Crippen LogP contribution in [-0.4, -0.2) is 51.9 Å². The molecule has 1 rings (SSSR count). The van der Waals surface area contributed by atoms with Gasteiger partial charge in [0.15, 0.2) is 0 Å². The number of aliphatic hydroxyl groups is 1. The van der Waals surface area contributed by atoms with Crippen LogP contribution in [0.4, 0.5) is 0 Å². The number of aryl methyl sites for hydroxylation is 1. The molecule has 18 heavy (non-hydrogen) atoms. The van der Waals surface area contributed by atoms with Gasteiger partial charge in [-0.3, -0.25) is 0 Å². The van der Waals surface area contributed by atoms with Crippen molar-refractivity contribution in [3.63, 3.8) is 0 Å². The van der Waals surface area contributed by atoms with Crippen molar-refractivity contribution in [1.82, 2.24) is 0 Å². The normalized spacial score (nSPS) is 9.72. The molecule has 0 spiro atoms. The SMILES string of the molecule is COCCOCCOCCO.Cc1ccccc1. The zero-order valence-corrected chi connectivity index (χ0v) is 11.3. The smallest absolute Gasteiger partial charge is 0.0701 e. The monoisotopic (exact) mass is 256 g/mol. The highest BCUT2D eigenvalue weighted by molar-refractivity contribution is 5.11. The van der Waals surface area contributed by atoms with Gasteiger partial charge in [0.1, 0.15) is 0 Å². The summed E-state index contributed by atoms with van der Waals surface area (Å²) in [7, 11) is 1.63. The van der Waals surface area contributed by atoms with Crippen LogP contribution < -0.4 is 0 Å².